The number of β-amino-alcohol motifs (C(OH)–C–C–N with tert-alkyl or cyclic N) is 1. The summed E-state index contributed by atoms with van der Waals surface area (Å²) in [6.45, 7) is 4.33. The molecule has 29 heavy (non-hydrogen) atoms. The van der Waals surface area contributed by atoms with Crippen LogP contribution in [0.5, 0.6) is 5.75 Å². The van der Waals surface area contributed by atoms with Crippen LogP contribution >= 0.6 is 11.6 Å². The fourth-order valence-electron chi connectivity index (χ4n) is 4.37. The first-order chi connectivity index (χ1) is 13.6. The van der Waals surface area contributed by atoms with Crippen molar-refractivity contribution in [1.29, 1.82) is 0 Å². The highest BCUT2D eigenvalue weighted by atomic mass is 35.5. The van der Waals surface area contributed by atoms with E-state index in [-0.39, 0.29) is 49.9 Å². The van der Waals surface area contributed by atoms with Crippen LogP contribution in [0.15, 0.2) is 0 Å². The molecule has 2 saturated heterocycles. The lowest BCUT2D eigenvalue weighted by Gasteiger charge is -2.39. The van der Waals surface area contributed by atoms with Crippen LogP contribution < -0.4 is 9.64 Å². The molecule has 4 heterocycles. The number of amides is 2. The quantitative estimate of drug-likeness (QED) is 0.651. The third-order valence-corrected chi connectivity index (χ3v) is 6.05. The van der Waals surface area contributed by atoms with Crippen molar-refractivity contribution in [3.05, 3.63) is 16.5 Å². The number of fused-ring (bicyclic) bond motifs is 2. The van der Waals surface area contributed by atoms with Crippen molar-refractivity contribution in [2.45, 2.75) is 38.0 Å². The number of carbonyl (C=O) groups excluding carboxylic acids is 1. The number of anilines is 1. The Hall–Kier alpha value is -2.33. The van der Waals surface area contributed by atoms with Crippen LogP contribution in [0, 0.1) is 5.82 Å². The van der Waals surface area contributed by atoms with Crippen LogP contribution in [0.1, 0.15) is 30.6 Å². The molecule has 11 heteroatoms. The molecule has 158 valence electrons. The number of carboxylic acid groups (broad SMARTS) is 1. The van der Waals surface area contributed by atoms with Gasteiger partial charge in [-0.15, -0.1) is 0 Å². The van der Waals surface area contributed by atoms with E-state index in [1.165, 1.54) is 9.80 Å². The second-order valence-electron chi connectivity index (χ2n) is 8.22. The highest BCUT2D eigenvalue weighted by Gasteiger charge is 2.45. The van der Waals surface area contributed by atoms with Crippen LogP contribution in [0.4, 0.5) is 15.0 Å². The van der Waals surface area contributed by atoms with Crippen molar-refractivity contribution in [3.63, 3.8) is 0 Å². The van der Waals surface area contributed by atoms with Crippen molar-refractivity contribution in [3.8, 4) is 5.75 Å². The summed E-state index contributed by atoms with van der Waals surface area (Å²) in [5.74, 6) is -1.52. The van der Waals surface area contributed by atoms with Crippen molar-refractivity contribution < 1.29 is 28.9 Å². The summed E-state index contributed by atoms with van der Waals surface area (Å²) < 4.78 is 20.4. The number of aromatic nitrogens is 1. The van der Waals surface area contributed by atoms with Crippen molar-refractivity contribution in [2.75, 3.05) is 37.7 Å². The van der Waals surface area contributed by atoms with E-state index in [1.807, 2.05) is 13.8 Å². The molecule has 2 amide bonds. The van der Waals surface area contributed by atoms with E-state index in [1.54, 1.807) is 4.90 Å². The Morgan fingerprint density at radius 3 is 2.69 bits per heavy atom. The molecule has 9 nitrogen and oxygen atoms in total. The number of rotatable bonds is 1. The number of ether oxygens (including phenoxy) is 1. The van der Waals surface area contributed by atoms with Gasteiger partial charge in [0.15, 0.2) is 10.9 Å². The minimum atomic E-state index is -1.08. The Morgan fingerprint density at radius 2 is 2.07 bits per heavy atom. The van der Waals surface area contributed by atoms with E-state index in [2.05, 4.69) is 4.98 Å². The Morgan fingerprint density at radius 1 is 1.34 bits per heavy atom. The van der Waals surface area contributed by atoms with Gasteiger partial charge in [-0.2, -0.15) is 4.39 Å². The summed E-state index contributed by atoms with van der Waals surface area (Å²) in [7, 11) is 0. The van der Waals surface area contributed by atoms with Crippen molar-refractivity contribution in [1.82, 2.24) is 14.8 Å². The van der Waals surface area contributed by atoms with Gasteiger partial charge in [0.25, 0.3) is 5.91 Å². The molecule has 2 atom stereocenters. The topological polar surface area (TPSA) is 106 Å². The number of hydrogen-bond acceptors (Lipinski definition) is 6. The first-order valence-corrected chi connectivity index (χ1v) is 9.74. The zero-order valence-corrected chi connectivity index (χ0v) is 16.8. The highest BCUT2D eigenvalue weighted by molar-refractivity contribution is 6.30. The molecule has 1 aromatic rings. The monoisotopic (exact) mass is 428 g/mol. The molecule has 0 aliphatic carbocycles. The third kappa shape index (κ3) is 3.24. The fourth-order valence-corrected chi connectivity index (χ4v) is 4.54. The van der Waals surface area contributed by atoms with E-state index < -0.39 is 40.7 Å². The number of aliphatic hydroxyl groups is 1. The molecule has 0 aromatic carbocycles. The molecule has 1 unspecified atom stereocenters. The molecular weight excluding hydrogens is 407 g/mol. The fraction of sp³-hybridized carbons (Fsp3) is 0.611. The number of pyridine rings is 1. The van der Waals surface area contributed by atoms with E-state index >= 15 is 0 Å². The molecule has 2 fully saturated rings. The summed E-state index contributed by atoms with van der Waals surface area (Å²) in [4.78, 5) is 33.3. The first-order valence-electron chi connectivity index (χ1n) is 9.36. The predicted octanol–water partition coefficient (Wildman–Crippen LogP) is 1.42. The zero-order valence-electron chi connectivity index (χ0n) is 16.1. The summed E-state index contributed by atoms with van der Waals surface area (Å²) in [5.41, 5.74) is -0.574. The van der Waals surface area contributed by atoms with Gasteiger partial charge in [-0.05, 0) is 20.3 Å². The van der Waals surface area contributed by atoms with Crippen LogP contribution in [0.2, 0.25) is 5.15 Å². The number of carbonyl (C=O) groups is 2. The van der Waals surface area contributed by atoms with Crippen LogP contribution in [-0.4, -0.2) is 87.5 Å². The molecule has 0 saturated carbocycles. The number of hydrogen-bond donors (Lipinski definition) is 2. The Labute approximate surface area is 171 Å². The maximum atomic E-state index is 14.8. The second kappa shape index (κ2) is 6.88. The lowest BCUT2D eigenvalue weighted by atomic mass is 10.0. The predicted molar refractivity (Wildman–Crippen MR) is 101 cm³/mol. The molecule has 3 aliphatic heterocycles. The number of halogens is 2. The van der Waals surface area contributed by atoms with E-state index in [4.69, 9.17) is 16.3 Å². The molecule has 0 radical (unpaired) electrons. The number of piperazine rings is 1. The van der Waals surface area contributed by atoms with E-state index in [9.17, 15) is 24.2 Å². The molecular formula is C18H22ClFN4O5. The minimum Gasteiger partial charge on any atom is -0.487 e. The van der Waals surface area contributed by atoms with Gasteiger partial charge in [-0.1, -0.05) is 11.6 Å². The average molecular weight is 429 g/mol. The van der Waals surface area contributed by atoms with Gasteiger partial charge >= 0.3 is 6.09 Å². The van der Waals surface area contributed by atoms with Gasteiger partial charge in [-0.25, -0.2) is 9.78 Å². The minimum absolute atomic E-state index is 0.0413. The SMILES string of the molecule is CC1(C)CC(O)CN1c1nc(Cl)c(F)c2c1C(=O)N1CCN(C(=O)O)C[C@@H]1CO2. The molecule has 0 bridgehead atoms. The normalized spacial score (nSPS) is 26.0. The lowest BCUT2D eigenvalue weighted by Crippen LogP contribution is -2.57. The van der Waals surface area contributed by atoms with E-state index in [0.717, 1.165) is 0 Å². The van der Waals surface area contributed by atoms with Crippen LogP contribution in [-0.2, 0) is 0 Å². The van der Waals surface area contributed by atoms with Crippen molar-refractivity contribution >= 4 is 29.4 Å². The Balaban J connectivity index is 1.80. The number of nitrogens with zero attached hydrogens (tertiary/aromatic N) is 4. The van der Waals surface area contributed by atoms with Gasteiger partial charge in [0.2, 0.25) is 5.82 Å². The van der Waals surface area contributed by atoms with E-state index in [0.29, 0.717) is 6.42 Å². The summed E-state index contributed by atoms with van der Waals surface area (Å²) >= 11 is 6.01. The largest absolute Gasteiger partial charge is 0.487 e. The Kier molecular flexibility index (Phi) is 4.73. The number of aliphatic hydroxyl groups excluding tert-OH is 1. The van der Waals surface area contributed by atoms with Gasteiger partial charge < -0.3 is 29.6 Å². The molecule has 4 rings (SSSR count). The van der Waals surface area contributed by atoms with Gasteiger partial charge in [0.1, 0.15) is 18.0 Å². The van der Waals surface area contributed by atoms with Gasteiger partial charge in [0, 0.05) is 31.7 Å². The standard InChI is InChI=1S/C18H22ClFN4O5/c1-18(2)5-10(25)7-24(18)15-11-13(12(20)14(19)21-15)29-8-9-6-22(17(27)28)3-4-23(9)16(11)26/h9-10,25H,3-8H2,1-2H3,(H,27,28)/t9-,10?/m1/s1. The smallest absolute Gasteiger partial charge is 0.407 e. The third-order valence-electron chi connectivity index (χ3n) is 5.80. The lowest BCUT2D eigenvalue weighted by molar-refractivity contribution is 0.0388. The Bertz CT molecular complexity index is 882. The molecule has 2 N–H and O–H groups in total. The maximum absolute atomic E-state index is 14.8. The van der Waals surface area contributed by atoms with Crippen LogP contribution in [0.25, 0.3) is 0 Å². The first kappa shape index (κ1) is 20.0. The summed E-state index contributed by atoms with van der Waals surface area (Å²) in [6, 6.07) is -0.553. The van der Waals surface area contributed by atoms with Gasteiger partial charge in [-0.3, -0.25) is 4.79 Å². The van der Waals surface area contributed by atoms with Crippen LogP contribution in [0.3, 0.4) is 0 Å². The highest BCUT2D eigenvalue weighted by Crippen LogP contribution is 2.42. The summed E-state index contributed by atoms with van der Waals surface area (Å²) in [5, 5.41) is 19.0. The average Bonchev–Trinajstić information content (AvgIpc) is 2.84. The maximum Gasteiger partial charge on any atom is 0.407 e. The molecule has 3 aliphatic rings. The summed E-state index contributed by atoms with van der Waals surface area (Å²) in [6.07, 6.45) is -1.25. The molecule has 0 spiro atoms. The van der Waals surface area contributed by atoms with Crippen molar-refractivity contribution in [2.24, 2.45) is 0 Å². The second-order valence-corrected chi connectivity index (χ2v) is 8.58. The zero-order chi connectivity index (χ0) is 21.1. The molecule has 1 aromatic heterocycles. The van der Waals surface area contributed by atoms with Gasteiger partial charge in [0.05, 0.1) is 12.1 Å².